The molecule has 0 radical (unpaired) electrons. The normalized spacial score (nSPS) is 15.8. The number of rotatable bonds is 7. The van der Waals surface area contributed by atoms with Crippen LogP contribution in [0.4, 0.5) is 4.39 Å². The maximum absolute atomic E-state index is 13.3. The lowest BCUT2D eigenvalue weighted by Crippen LogP contribution is -2.41. The van der Waals surface area contributed by atoms with Crippen LogP contribution in [0.15, 0.2) is 24.3 Å². The van der Waals surface area contributed by atoms with Gasteiger partial charge in [0.1, 0.15) is 11.5 Å². The SMILES string of the molecule is COC(=O)c1[nH]c(C)c(C(=O)CN(C[C@@H]2CCCO2)C(=O)c2ccc(F)cc2)c1C. The first-order valence-corrected chi connectivity index (χ1v) is 9.79. The predicted molar refractivity (Wildman–Crippen MR) is 107 cm³/mol. The van der Waals surface area contributed by atoms with E-state index in [0.717, 1.165) is 12.8 Å². The van der Waals surface area contributed by atoms with Gasteiger partial charge < -0.3 is 19.4 Å². The van der Waals surface area contributed by atoms with Crippen molar-refractivity contribution < 1.29 is 28.2 Å². The first-order valence-electron chi connectivity index (χ1n) is 9.79. The van der Waals surface area contributed by atoms with Gasteiger partial charge in [0, 0.05) is 30.0 Å². The molecular weight excluding hydrogens is 391 g/mol. The minimum atomic E-state index is -0.562. The molecule has 0 bridgehead atoms. The molecule has 1 aromatic heterocycles. The average Bonchev–Trinajstić information content (AvgIpc) is 3.34. The third-order valence-electron chi connectivity index (χ3n) is 5.27. The van der Waals surface area contributed by atoms with E-state index in [1.54, 1.807) is 13.8 Å². The summed E-state index contributed by atoms with van der Waals surface area (Å²) >= 11 is 0. The van der Waals surface area contributed by atoms with Gasteiger partial charge >= 0.3 is 5.97 Å². The fraction of sp³-hybridized carbons (Fsp3) is 0.409. The molecule has 1 N–H and O–H groups in total. The predicted octanol–water partition coefficient (Wildman–Crippen LogP) is 3.06. The number of ketones is 1. The highest BCUT2D eigenvalue weighted by molar-refractivity contribution is 6.05. The molecule has 3 rings (SSSR count). The Morgan fingerprint density at radius 3 is 2.53 bits per heavy atom. The van der Waals surface area contributed by atoms with Gasteiger partial charge in [-0.1, -0.05) is 0 Å². The van der Waals surface area contributed by atoms with Crippen LogP contribution in [0.1, 0.15) is 55.3 Å². The highest BCUT2D eigenvalue weighted by Gasteiger charge is 2.28. The van der Waals surface area contributed by atoms with Crippen molar-refractivity contribution in [3.63, 3.8) is 0 Å². The number of H-pyrrole nitrogens is 1. The van der Waals surface area contributed by atoms with Gasteiger partial charge in [-0.2, -0.15) is 0 Å². The largest absolute Gasteiger partial charge is 0.464 e. The van der Waals surface area contributed by atoms with Crippen LogP contribution in [-0.2, 0) is 9.47 Å². The Morgan fingerprint density at radius 2 is 1.93 bits per heavy atom. The molecule has 1 aromatic carbocycles. The zero-order chi connectivity index (χ0) is 21.8. The number of aromatic nitrogens is 1. The average molecular weight is 416 g/mol. The van der Waals surface area contributed by atoms with Gasteiger partial charge in [-0.05, 0) is 56.5 Å². The molecule has 30 heavy (non-hydrogen) atoms. The van der Waals surface area contributed by atoms with Crippen molar-refractivity contribution in [1.82, 2.24) is 9.88 Å². The fourth-order valence-electron chi connectivity index (χ4n) is 3.76. The molecule has 0 aliphatic carbocycles. The van der Waals surface area contributed by atoms with E-state index in [1.807, 2.05) is 0 Å². The maximum Gasteiger partial charge on any atom is 0.354 e. The number of nitrogens with zero attached hydrogens (tertiary/aromatic N) is 1. The number of ether oxygens (including phenoxy) is 2. The number of Topliss-reactive ketones (excluding diaryl/α,β-unsaturated/α-hetero) is 1. The summed E-state index contributed by atoms with van der Waals surface area (Å²) in [5.74, 6) is -1.68. The summed E-state index contributed by atoms with van der Waals surface area (Å²) in [5, 5.41) is 0. The number of methoxy groups -OCH3 is 1. The molecule has 0 spiro atoms. The Kier molecular flexibility index (Phi) is 6.66. The van der Waals surface area contributed by atoms with Crippen LogP contribution in [0, 0.1) is 19.7 Å². The summed E-state index contributed by atoms with van der Waals surface area (Å²) in [7, 11) is 1.27. The highest BCUT2D eigenvalue weighted by Crippen LogP contribution is 2.21. The fourth-order valence-corrected chi connectivity index (χ4v) is 3.76. The molecule has 1 fully saturated rings. The van der Waals surface area contributed by atoms with Crippen molar-refractivity contribution in [3.8, 4) is 0 Å². The lowest BCUT2D eigenvalue weighted by atomic mass is 10.0. The third kappa shape index (κ3) is 4.59. The monoisotopic (exact) mass is 416 g/mol. The summed E-state index contributed by atoms with van der Waals surface area (Å²) in [6, 6.07) is 5.21. The molecule has 1 aliphatic heterocycles. The Morgan fingerprint density at radius 1 is 1.23 bits per heavy atom. The van der Waals surface area contributed by atoms with E-state index in [0.29, 0.717) is 29.0 Å². The minimum Gasteiger partial charge on any atom is -0.464 e. The summed E-state index contributed by atoms with van der Waals surface area (Å²) in [5.41, 5.74) is 1.88. The second-order valence-corrected chi connectivity index (χ2v) is 7.37. The van der Waals surface area contributed by atoms with Crippen molar-refractivity contribution in [3.05, 3.63) is 58.2 Å². The number of nitrogens with one attached hydrogen (secondary N) is 1. The number of carbonyl (C=O) groups excluding carboxylic acids is 3. The number of halogens is 1. The van der Waals surface area contributed by atoms with Crippen LogP contribution in [-0.4, -0.2) is 60.5 Å². The van der Waals surface area contributed by atoms with Crippen LogP contribution in [0.2, 0.25) is 0 Å². The Balaban J connectivity index is 1.86. The molecular formula is C22H25FN2O5. The van der Waals surface area contributed by atoms with Gasteiger partial charge in [0.05, 0.1) is 19.8 Å². The van der Waals surface area contributed by atoms with Gasteiger partial charge in [-0.25, -0.2) is 9.18 Å². The highest BCUT2D eigenvalue weighted by atomic mass is 19.1. The quantitative estimate of drug-likeness (QED) is 0.554. The van der Waals surface area contributed by atoms with Crippen molar-refractivity contribution in [2.75, 3.05) is 26.8 Å². The Labute approximate surface area is 174 Å². The number of aryl methyl sites for hydroxylation is 1. The smallest absolute Gasteiger partial charge is 0.354 e. The number of benzene rings is 1. The van der Waals surface area contributed by atoms with Crippen LogP contribution < -0.4 is 0 Å². The van der Waals surface area contributed by atoms with Crippen LogP contribution in [0.3, 0.4) is 0 Å². The number of esters is 1. The zero-order valence-corrected chi connectivity index (χ0v) is 17.3. The molecule has 2 heterocycles. The molecule has 8 heteroatoms. The van der Waals surface area contributed by atoms with Crippen molar-refractivity contribution in [1.29, 1.82) is 0 Å². The van der Waals surface area contributed by atoms with E-state index < -0.39 is 11.8 Å². The number of amides is 1. The lowest BCUT2D eigenvalue weighted by molar-refractivity contribution is 0.0506. The molecule has 0 unspecified atom stereocenters. The first kappa shape index (κ1) is 21.7. The zero-order valence-electron chi connectivity index (χ0n) is 17.3. The maximum atomic E-state index is 13.3. The van der Waals surface area contributed by atoms with E-state index in [1.165, 1.54) is 36.3 Å². The van der Waals surface area contributed by atoms with Gasteiger partial charge in [0.2, 0.25) is 0 Å². The third-order valence-corrected chi connectivity index (χ3v) is 5.27. The molecule has 1 saturated heterocycles. The second kappa shape index (κ2) is 9.21. The molecule has 1 amide bonds. The van der Waals surface area contributed by atoms with E-state index in [-0.39, 0.29) is 36.6 Å². The van der Waals surface area contributed by atoms with Gasteiger partial charge in [0.25, 0.3) is 5.91 Å². The van der Waals surface area contributed by atoms with E-state index in [2.05, 4.69) is 4.98 Å². The first-order chi connectivity index (χ1) is 14.3. The van der Waals surface area contributed by atoms with Crippen LogP contribution >= 0.6 is 0 Å². The summed E-state index contributed by atoms with van der Waals surface area (Å²) in [6.07, 6.45) is 1.55. The molecule has 2 aromatic rings. The van der Waals surface area contributed by atoms with Gasteiger partial charge in [-0.15, -0.1) is 0 Å². The van der Waals surface area contributed by atoms with Crippen molar-refractivity contribution in [2.45, 2.75) is 32.8 Å². The van der Waals surface area contributed by atoms with Crippen LogP contribution in [0.25, 0.3) is 0 Å². The summed E-state index contributed by atoms with van der Waals surface area (Å²) < 4.78 is 23.6. The van der Waals surface area contributed by atoms with Gasteiger partial charge in [-0.3, -0.25) is 9.59 Å². The van der Waals surface area contributed by atoms with E-state index in [4.69, 9.17) is 9.47 Å². The van der Waals surface area contributed by atoms with E-state index in [9.17, 15) is 18.8 Å². The lowest BCUT2D eigenvalue weighted by Gasteiger charge is -2.25. The number of aromatic amines is 1. The number of carbonyl (C=O) groups is 3. The second-order valence-electron chi connectivity index (χ2n) is 7.37. The Bertz CT molecular complexity index is 945. The number of hydrogen-bond acceptors (Lipinski definition) is 5. The van der Waals surface area contributed by atoms with Crippen molar-refractivity contribution >= 4 is 17.7 Å². The Hall–Kier alpha value is -3.00. The summed E-state index contributed by atoms with van der Waals surface area (Å²) in [6.45, 7) is 4.05. The standard InChI is InChI=1S/C22H25FN2O5/c1-13-19(14(2)24-20(13)22(28)29-3)18(26)12-25(11-17-5-4-10-30-17)21(27)15-6-8-16(23)9-7-15/h6-9,17,24H,4-5,10-12H2,1-3H3/t17-/m0/s1. The van der Waals surface area contributed by atoms with Crippen LogP contribution in [0.5, 0.6) is 0 Å². The molecule has 1 atom stereocenters. The topological polar surface area (TPSA) is 88.7 Å². The molecule has 1 aliphatic rings. The number of hydrogen-bond donors (Lipinski definition) is 1. The van der Waals surface area contributed by atoms with E-state index >= 15 is 0 Å². The minimum absolute atomic E-state index is 0.152. The van der Waals surface area contributed by atoms with Gasteiger partial charge in [0.15, 0.2) is 5.78 Å². The summed E-state index contributed by atoms with van der Waals surface area (Å²) in [4.78, 5) is 42.4. The van der Waals surface area contributed by atoms with Crippen molar-refractivity contribution in [2.24, 2.45) is 0 Å². The molecule has 7 nitrogen and oxygen atoms in total. The molecule has 160 valence electrons. The molecule has 0 saturated carbocycles.